The third kappa shape index (κ3) is 6.75. The van der Waals surface area contributed by atoms with E-state index >= 15 is 0 Å². The number of aromatic nitrogens is 1. The lowest BCUT2D eigenvalue weighted by molar-refractivity contribution is -0.140. The summed E-state index contributed by atoms with van der Waals surface area (Å²) in [4.78, 5) is 45.9. The van der Waals surface area contributed by atoms with Gasteiger partial charge in [0.25, 0.3) is 0 Å². The highest BCUT2D eigenvalue weighted by atomic mass is 16.5. The van der Waals surface area contributed by atoms with E-state index in [2.05, 4.69) is 10.3 Å². The highest BCUT2D eigenvalue weighted by Gasteiger charge is 2.30. The molecule has 2 aliphatic heterocycles. The number of nitrogens with one attached hydrogen (secondary N) is 1. The average molecular weight is 431 g/mol. The minimum atomic E-state index is -0.346. The van der Waals surface area contributed by atoms with Crippen molar-refractivity contribution in [3.63, 3.8) is 0 Å². The first-order valence-electron chi connectivity index (χ1n) is 11.2. The molecule has 8 nitrogen and oxygen atoms in total. The molecule has 0 radical (unpaired) electrons. The van der Waals surface area contributed by atoms with Gasteiger partial charge in [-0.2, -0.15) is 0 Å². The zero-order valence-corrected chi connectivity index (χ0v) is 18.6. The van der Waals surface area contributed by atoms with Crippen molar-refractivity contribution in [3.05, 3.63) is 30.1 Å². The second kappa shape index (κ2) is 11.2. The SMILES string of the molecule is CN1CC(NC(=O)C2CCOCC2)CCCC(C(=O)N(C)Cc2cccnc2)CC1=O. The summed E-state index contributed by atoms with van der Waals surface area (Å²) >= 11 is 0. The van der Waals surface area contributed by atoms with Gasteiger partial charge in [-0.15, -0.1) is 0 Å². The van der Waals surface area contributed by atoms with Gasteiger partial charge in [-0.3, -0.25) is 19.4 Å². The Morgan fingerprint density at radius 3 is 2.71 bits per heavy atom. The van der Waals surface area contributed by atoms with Gasteiger partial charge in [0.15, 0.2) is 0 Å². The number of likely N-dealkylation sites (N-methyl/N-ethyl adjacent to an activating group) is 1. The van der Waals surface area contributed by atoms with Crippen LogP contribution < -0.4 is 5.32 Å². The molecule has 31 heavy (non-hydrogen) atoms. The summed E-state index contributed by atoms with van der Waals surface area (Å²) in [6.45, 7) is 2.19. The van der Waals surface area contributed by atoms with Gasteiger partial charge < -0.3 is 19.9 Å². The van der Waals surface area contributed by atoms with Crippen molar-refractivity contribution in [1.82, 2.24) is 20.1 Å². The normalized spacial score (nSPS) is 23.4. The summed E-state index contributed by atoms with van der Waals surface area (Å²) in [7, 11) is 3.52. The van der Waals surface area contributed by atoms with Gasteiger partial charge in [-0.25, -0.2) is 0 Å². The van der Waals surface area contributed by atoms with Crippen molar-refractivity contribution >= 4 is 17.7 Å². The molecule has 1 aromatic heterocycles. The lowest BCUT2D eigenvalue weighted by Crippen LogP contribution is -2.46. The minimum Gasteiger partial charge on any atom is -0.381 e. The molecule has 2 unspecified atom stereocenters. The van der Waals surface area contributed by atoms with Gasteiger partial charge in [0, 0.05) is 77.1 Å². The zero-order chi connectivity index (χ0) is 22.2. The number of carbonyl (C=O) groups is 3. The molecule has 0 aliphatic carbocycles. The molecule has 3 amide bonds. The molecule has 3 rings (SSSR count). The maximum absolute atomic E-state index is 13.1. The Morgan fingerprint density at radius 1 is 1.23 bits per heavy atom. The van der Waals surface area contributed by atoms with E-state index in [0.29, 0.717) is 32.7 Å². The average Bonchev–Trinajstić information content (AvgIpc) is 2.84. The Balaban J connectivity index is 1.58. The maximum Gasteiger partial charge on any atom is 0.226 e. The number of hydrogen-bond donors (Lipinski definition) is 1. The third-order valence-electron chi connectivity index (χ3n) is 6.25. The lowest BCUT2D eigenvalue weighted by atomic mass is 9.95. The molecule has 2 aliphatic rings. The number of ether oxygens (including phenoxy) is 1. The summed E-state index contributed by atoms with van der Waals surface area (Å²) in [5.74, 6) is -0.382. The quantitative estimate of drug-likeness (QED) is 0.766. The van der Waals surface area contributed by atoms with Gasteiger partial charge in [0.05, 0.1) is 0 Å². The van der Waals surface area contributed by atoms with Crippen LogP contribution >= 0.6 is 0 Å². The van der Waals surface area contributed by atoms with Crippen molar-refractivity contribution in [2.45, 2.75) is 51.1 Å². The summed E-state index contributed by atoms with van der Waals surface area (Å²) < 4.78 is 5.34. The summed E-state index contributed by atoms with van der Waals surface area (Å²) in [5.41, 5.74) is 0.959. The zero-order valence-electron chi connectivity index (χ0n) is 18.6. The standard InChI is InChI=1S/C23H34N4O4/c1-26-16-20(25-22(29)18-8-11-31-12-9-18)7-3-6-19(13-21(26)28)23(30)27(2)15-17-5-4-10-24-14-17/h4-5,10,14,18-20H,3,6-9,11-13,15-16H2,1-2H3,(H,25,29). The van der Waals surface area contributed by atoms with Crippen molar-refractivity contribution in [3.8, 4) is 0 Å². The van der Waals surface area contributed by atoms with E-state index in [4.69, 9.17) is 4.74 Å². The van der Waals surface area contributed by atoms with Gasteiger partial charge in [-0.05, 0) is 37.3 Å². The molecule has 0 saturated carbocycles. The Labute approximate surface area is 184 Å². The lowest BCUT2D eigenvalue weighted by Gasteiger charge is -2.27. The number of carbonyl (C=O) groups excluding carboxylic acids is 3. The highest BCUT2D eigenvalue weighted by molar-refractivity contribution is 5.86. The molecule has 0 spiro atoms. The van der Waals surface area contributed by atoms with E-state index in [1.165, 1.54) is 0 Å². The fourth-order valence-electron chi connectivity index (χ4n) is 4.37. The fraction of sp³-hybridized carbons (Fsp3) is 0.652. The molecule has 3 heterocycles. The fourth-order valence-corrected chi connectivity index (χ4v) is 4.37. The third-order valence-corrected chi connectivity index (χ3v) is 6.25. The van der Waals surface area contributed by atoms with Crippen LogP contribution in [0, 0.1) is 11.8 Å². The molecule has 2 saturated heterocycles. The largest absolute Gasteiger partial charge is 0.381 e. The Morgan fingerprint density at radius 2 is 2.00 bits per heavy atom. The predicted molar refractivity (Wildman–Crippen MR) is 116 cm³/mol. The van der Waals surface area contributed by atoms with Crippen LogP contribution in [0.1, 0.15) is 44.1 Å². The van der Waals surface area contributed by atoms with Crippen molar-refractivity contribution in [1.29, 1.82) is 0 Å². The van der Waals surface area contributed by atoms with Crippen LogP contribution in [0.5, 0.6) is 0 Å². The van der Waals surface area contributed by atoms with Crippen LogP contribution in [0.15, 0.2) is 24.5 Å². The van der Waals surface area contributed by atoms with Crippen LogP contribution in [-0.2, 0) is 25.7 Å². The smallest absolute Gasteiger partial charge is 0.226 e. The van der Waals surface area contributed by atoms with E-state index in [0.717, 1.165) is 31.2 Å². The Kier molecular flexibility index (Phi) is 8.40. The highest BCUT2D eigenvalue weighted by Crippen LogP contribution is 2.22. The van der Waals surface area contributed by atoms with Gasteiger partial charge >= 0.3 is 0 Å². The first kappa shape index (κ1) is 23.2. The number of amides is 3. The topological polar surface area (TPSA) is 91.8 Å². The van der Waals surface area contributed by atoms with E-state index in [9.17, 15) is 14.4 Å². The second-order valence-electron chi connectivity index (χ2n) is 8.75. The molecule has 170 valence electrons. The Hall–Kier alpha value is -2.48. The molecule has 8 heteroatoms. The van der Waals surface area contributed by atoms with E-state index in [1.54, 1.807) is 36.3 Å². The summed E-state index contributed by atoms with van der Waals surface area (Å²) in [6, 6.07) is 3.69. The van der Waals surface area contributed by atoms with Crippen molar-refractivity contribution < 1.29 is 19.1 Å². The van der Waals surface area contributed by atoms with Gasteiger partial charge in [0.2, 0.25) is 17.7 Å². The van der Waals surface area contributed by atoms with E-state index < -0.39 is 0 Å². The number of pyridine rings is 1. The molecule has 2 fully saturated rings. The first-order valence-corrected chi connectivity index (χ1v) is 11.2. The first-order chi connectivity index (χ1) is 14.9. The molecule has 1 aromatic rings. The summed E-state index contributed by atoms with van der Waals surface area (Å²) in [6.07, 6.45) is 7.32. The molecule has 0 aromatic carbocycles. The molecular weight excluding hydrogens is 396 g/mol. The molecular formula is C23H34N4O4. The van der Waals surface area contributed by atoms with Crippen LogP contribution in [0.25, 0.3) is 0 Å². The second-order valence-corrected chi connectivity index (χ2v) is 8.75. The number of hydrogen-bond acceptors (Lipinski definition) is 5. The minimum absolute atomic E-state index is 0.0159. The number of rotatable bonds is 5. The van der Waals surface area contributed by atoms with Crippen LogP contribution in [0.3, 0.4) is 0 Å². The molecule has 1 N–H and O–H groups in total. The summed E-state index contributed by atoms with van der Waals surface area (Å²) in [5, 5.41) is 3.14. The molecule has 2 atom stereocenters. The van der Waals surface area contributed by atoms with Crippen LogP contribution in [0.2, 0.25) is 0 Å². The number of nitrogens with zero attached hydrogens (tertiary/aromatic N) is 3. The van der Waals surface area contributed by atoms with Gasteiger partial charge in [0.1, 0.15) is 0 Å². The van der Waals surface area contributed by atoms with E-state index in [1.807, 2.05) is 12.1 Å². The van der Waals surface area contributed by atoms with Gasteiger partial charge in [-0.1, -0.05) is 12.5 Å². The molecule has 0 bridgehead atoms. The van der Waals surface area contributed by atoms with Crippen LogP contribution in [0.4, 0.5) is 0 Å². The van der Waals surface area contributed by atoms with Crippen LogP contribution in [-0.4, -0.2) is 72.4 Å². The Bertz CT molecular complexity index is 751. The monoisotopic (exact) mass is 430 g/mol. The maximum atomic E-state index is 13.1. The predicted octanol–water partition coefficient (Wildman–Crippen LogP) is 1.60. The van der Waals surface area contributed by atoms with Crippen molar-refractivity contribution in [2.75, 3.05) is 33.9 Å². The van der Waals surface area contributed by atoms with E-state index in [-0.39, 0.29) is 42.0 Å². The van der Waals surface area contributed by atoms with Crippen molar-refractivity contribution in [2.24, 2.45) is 11.8 Å².